The summed E-state index contributed by atoms with van der Waals surface area (Å²) in [6.45, 7) is 3.25. The summed E-state index contributed by atoms with van der Waals surface area (Å²) in [5.41, 5.74) is -0.212. The summed E-state index contributed by atoms with van der Waals surface area (Å²) >= 11 is 0. The third-order valence-electron chi connectivity index (χ3n) is 10.2. The van der Waals surface area contributed by atoms with Crippen LogP contribution in [-0.2, 0) is 47.6 Å². The Bertz CT molecular complexity index is 1340. The number of hydrogen-bond donors (Lipinski definition) is 2. The lowest BCUT2D eigenvalue weighted by molar-refractivity contribution is -0.276. The van der Waals surface area contributed by atoms with E-state index in [-0.39, 0.29) is 73.4 Å². The number of carbonyl (C=O) groups excluding carboxylic acids is 4. The third-order valence-corrected chi connectivity index (χ3v) is 10.2. The molecule has 12 heteroatoms. The van der Waals surface area contributed by atoms with E-state index in [0.717, 1.165) is 18.3 Å². The molecule has 5 aliphatic heterocycles. The topological polar surface area (TPSA) is 164 Å². The van der Waals surface area contributed by atoms with Crippen molar-refractivity contribution in [1.29, 1.82) is 0 Å². The molecule has 3 fully saturated rings. The van der Waals surface area contributed by atoms with E-state index in [4.69, 9.17) is 23.7 Å². The number of rotatable bonds is 1. The smallest absolute Gasteiger partial charge is 0.346 e. The molecular weight excluding hydrogens is 576 g/mol. The normalized spacial score (nSPS) is 44.4. The Morgan fingerprint density at radius 2 is 1.80 bits per heavy atom. The van der Waals surface area contributed by atoms with Crippen LogP contribution < -0.4 is 0 Å². The molecule has 5 heterocycles. The zero-order chi connectivity index (χ0) is 31.3. The first-order valence-corrected chi connectivity index (χ1v) is 15.1. The van der Waals surface area contributed by atoms with Gasteiger partial charge in [-0.1, -0.05) is 25.2 Å². The van der Waals surface area contributed by atoms with Gasteiger partial charge in [-0.2, -0.15) is 0 Å². The molecule has 2 N–H and O–H groups in total. The highest BCUT2D eigenvalue weighted by Crippen LogP contribution is 2.59. The molecule has 0 aromatic rings. The van der Waals surface area contributed by atoms with E-state index in [0.29, 0.717) is 0 Å². The van der Waals surface area contributed by atoms with Crippen molar-refractivity contribution in [3.63, 3.8) is 0 Å². The molecule has 44 heavy (non-hydrogen) atoms. The number of esters is 4. The van der Waals surface area contributed by atoms with Crippen molar-refractivity contribution >= 4 is 23.9 Å². The maximum absolute atomic E-state index is 13.6. The second kappa shape index (κ2) is 11.9. The van der Waals surface area contributed by atoms with Gasteiger partial charge in [-0.3, -0.25) is 4.79 Å². The van der Waals surface area contributed by atoms with E-state index in [1.165, 1.54) is 13.2 Å². The minimum absolute atomic E-state index is 0.0265. The van der Waals surface area contributed by atoms with Crippen molar-refractivity contribution in [3.05, 3.63) is 47.3 Å². The molecule has 2 aliphatic carbocycles. The number of methoxy groups -OCH3 is 1. The van der Waals surface area contributed by atoms with Crippen LogP contribution in [-0.4, -0.2) is 90.5 Å². The molecule has 4 bridgehead atoms. The van der Waals surface area contributed by atoms with Crippen molar-refractivity contribution in [1.82, 2.24) is 0 Å². The van der Waals surface area contributed by atoms with Gasteiger partial charge in [-0.05, 0) is 43.8 Å². The minimum atomic E-state index is -1.40. The molecule has 0 unspecified atom stereocenters. The number of ether oxygens (including phenoxy) is 6. The summed E-state index contributed by atoms with van der Waals surface area (Å²) < 4.78 is 34.2. The van der Waals surface area contributed by atoms with Crippen LogP contribution in [0.5, 0.6) is 0 Å². The van der Waals surface area contributed by atoms with Gasteiger partial charge in [0.25, 0.3) is 0 Å². The number of allylic oxidation sites excluding steroid dienone is 1. The molecule has 7 rings (SSSR count). The minimum Gasteiger partial charge on any atom is -0.498 e. The Morgan fingerprint density at radius 1 is 1.00 bits per heavy atom. The van der Waals surface area contributed by atoms with Gasteiger partial charge in [0.2, 0.25) is 0 Å². The largest absolute Gasteiger partial charge is 0.498 e. The highest BCUT2D eigenvalue weighted by Gasteiger charge is 2.64. The zero-order valence-corrected chi connectivity index (χ0v) is 24.9. The van der Waals surface area contributed by atoms with Crippen molar-refractivity contribution in [2.75, 3.05) is 20.3 Å². The fraction of sp³-hybridized carbons (Fsp3) is 0.625. The Morgan fingerprint density at radius 3 is 2.55 bits per heavy atom. The summed E-state index contributed by atoms with van der Waals surface area (Å²) in [7, 11) is 1.41. The van der Waals surface area contributed by atoms with E-state index in [2.05, 4.69) is 10.8 Å². The van der Waals surface area contributed by atoms with E-state index in [1.54, 1.807) is 0 Å². The molecule has 238 valence electrons. The fourth-order valence-corrected chi connectivity index (χ4v) is 7.90. The monoisotopic (exact) mass is 614 g/mol. The number of fused-ring (bicyclic) bond motifs is 2. The number of aliphatic hydroxyl groups is 2. The van der Waals surface area contributed by atoms with E-state index < -0.39 is 59.8 Å². The van der Waals surface area contributed by atoms with Crippen LogP contribution in [0.2, 0.25) is 0 Å². The van der Waals surface area contributed by atoms with E-state index in [9.17, 15) is 29.4 Å². The standard InChI is InChI=1S/C32H38O12/c1-15-10-18-13-41-25(34)7-6-20-21(30(37)43-29(20)36)8-9-40-14-22(33)28(18)42-31(38)24(39-3)12-19-5-4-17-11-23-16(2)27(35)26(17)32(15,19)44-23/h4-5,8-10,16-19,22-24,26-28,33,35H,6-7,11-14H2,1-3H3/b9-8-,15-10-/t16-,17-,18+,19-,22+,23+,24-,26-,27-,28-,32-/m0/s1. The van der Waals surface area contributed by atoms with Crippen molar-refractivity contribution in [3.8, 4) is 0 Å². The molecule has 2 saturated heterocycles. The van der Waals surface area contributed by atoms with Gasteiger partial charge in [0, 0.05) is 31.3 Å². The fourth-order valence-electron chi connectivity index (χ4n) is 7.90. The Kier molecular flexibility index (Phi) is 8.29. The summed E-state index contributed by atoms with van der Waals surface area (Å²) in [6, 6.07) is 0. The quantitative estimate of drug-likeness (QED) is 0.189. The SMILES string of the molecule is CO[C@H]1C[C@@H]2C=C[C@H]3C[C@H]4O[C@]2(/C(C)=C\[C@@H]2COC(=O)CCC5=C(/C=C\OC[C@@H](O)[C@H]2OC1=O)C(=O)OC5=O)[C@@H]3[C@@H](O)[C@H]4C. The molecule has 0 radical (unpaired) electrons. The molecule has 11 atom stereocenters. The summed E-state index contributed by atoms with van der Waals surface area (Å²) in [5, 5.41) is 22.8. The first kappa shape index (κ1) is 30.7. The maximum atomic E-state index is 13.6. The van der Waals surface area contributed by atoms with Crippen LogP contribution in [0, 0.1) is 29.6 Å². The summed E-state index contributed by atoms with van der Waals surface area (Å²) in [6.07, 6.45) is 4.57. The molecule has 0 aromatic heterocycles. The predicted octanol–water partition coefficient (Wildman–Crippen LogP) is 1.44. The average molecular weight is 615 g/mol. The molecule has 7 aliphatic rings. The average Bonchev–Trinajstić information content (AvgIpc) is 3.26. The van der Waals surface area contributed by atoms with Gasteiger partial charge >= 0.3 is 23.9 Å². The van der Waals surface area contributed by atoms with Gasteiger partial charge in [-0.25, -0.2) is 14.4 Å². The van der Waals surface area contributed by atoms with Gasteiger partial charge in [-0.15, -0.1) is 0 Å². The Hall–Kier alpha value is -3.32. The lowest BCUT2D eigenvalue weighted by Crippen LogP contribution is -2.69. The number of hydrogen-bond acceptors (Lipinski definition) is 12. The van der Waals surface area contributed by atoms with E-state index >= 15 is 0 Å². The van der Waals surface area contributed by atoms with Gasteiger partial charge < -0.3 is 38.6 Å². The van der Waals surface area contributed by atoms with Crippen LogP contribution in [0.15, 0.2) is 47.3 Å². The molecule has 12 nitrogen and oxygen atoms in total. The van der Waals surface area contributed by atoms with Gasteiger partial charge in [0.15, 0.2) is 6.10 Å². The van der Waals surface area contributed by atoms with Crippen LogP contribution in [0.1, 0.15) is 39.5 Å². The highest BCUT2D eigenvalue weighted by atomic mass is 16.6. The van der Waals surface area contributed by atoms with Crippen molar-refractivity contribution < 1.29 is 57.8 Å². The predicted molar refractivity (Wildman–Crippen MR) is 149 cm³/mol. The highest BCUT2D eigenvalue weighted by molar-refractivity contribution is 6.14. The second-order valence-electron chi connectivity index (χ2n) is 12.5. The molecule has 1 saturated carbocycles. The van der Waals surface area contributed by atoms with E-state index in [1.807, 2.05) is 26.0 Å². The Balaban J connectivity index is 1.39. The lowest BCUT2D eigenvalue weighted by atomic mass is 9.52. The lowest BCUT2D eigenvalue weighted by Gasteiger charge is -2.64. The van der Waals surface area contributed by atoms with Crippen LogP contribution in [0.25, 0.3) is 0 Å². The molecule has 1 spiro atoms. The first-order chi connectivity index (χ1) is 21.0. The van der Waals surface area contributed by atoms with Crippen molar-refractivity contribution in [2.45, 2.75) is 75.7 Å². The zero-order valence-electron chi connectivity index (χ0n) is 24.9. The van der Waals surface area contributed by atoms with Gasteiger partial charge in [0.05, 0.1) is 35.5 Å². The summed E-state index contributed by atoms with van der Waals surface area (Å²) in [5.74, 6) is -4.51. The first-order valence-electron chi connectivity index (χ1n) is 15.1. The van der Waals surface area contributed by atoms with Crippen LogP contribution >= 0.6 is 0 Å². The number of carbonyl (C=O) groups is 4. The number of aliphatic hydroxyl groups excluding tert-OH is 2. The van der Waals surface area contributed by atoms with Crippen molar-refractivity contribution in [2.24, 2.45) is 29.6 Å². The Labute approximate surface area is 254 Å². The molecule has 0 amide bonds. The molecule has 0 aromatic carbocycles. The molecular formula is C32H38O12. The van der Waals surface area contributed by atoms with Crippen LogP contribution in [0.3, 0.4) is 0 Å². The third kappa shape index (κ3) is 5.11. The maximum Gasteiger partial charge on any atom is 0.346 e. The van der Waals surface area contributed by atoms with Gasteiger partial charge in [0.1, 0.15) is 31.0 Å². The second-order valence-corrected chi connectivity index (χ2v) is 12.5. The summed E-state index contributed by atoms with van der Waals surface area (Å²) in [4.78, 5) is 50.8. The van der Waals surface area contributed by atoms with Crippen LogP contribution in [0.4, 0.5) is 0 Å². The number of cyclic esters (lactones) is 3.